The minimum absolute atomic E-state index is 0.692. The first kappa shape index (κ1) is 14.8. The average Bonchev–Trinajstić information content (AvgIpc) is 2.36. The largest absolute Gasteiger partial charge is 0.0705 e. The highest BCUT2D eigenvalue weighted by Crippen LogP contribution is 2.18. The maximum absolute atomic E-state index is 2.31. The van der Waals surface area contributed by atoms with E-state index in [1.807, 2.05) is 0 Å². The number of hydrogen-bond acceptors (Lipinski definition) is 0. The lowest BCUT2D eigenvalue weighted by Gasteiger charge is -2.10. The van der Waals surface area contributed by atoms with E-state index in [0.717, 1.165) is 0 Å². The van der Waals surface area contributed by atoms with Gasteiger partial charge in [0.05, 0.1) is 0 Å². The van der Waals surface area contributed by atoms with Gasteiger partial charge in [-0.1, -0.05) is 67.8 Å². The van der Waals surface area contributed by atoms with Crippen LogP contribution in [0.1, 0.15) is 51.7 Å². The summed E-state index contributed by atoms with van der Waals surface area (Å²) in [6.07, 6.45) is 7.05. The van der Waals surface area contributed by atoms with E-state index in [-0.39, 0.29) is 0 Å². The van der Waals surface area contributed by atoms with Crippen molar-refractivity contribution in [1.29, 1.82) is 0 Å². The second-order valence-corrected chi connectivity index (χ2v) is 5.32. The third kappa shape index (κ3) is 4.52. The molecule has 0 spiro atoms. The van der Waals surface area contributed by atoms with E-state index in [0.29, 0.717) is 5.92 Å². The number of benzene rings is 1. The van der Waals surface area contributed by atoms with Crippen LogP contribution in [0.25, 0.3) is 5.57 Å². The molecule has 0 heteroatoms. The summed E-state index contributed by atoms with van der Waals surface area (Å²) >= 11 is 0. The molecule has 0 saturated heterocycles. The number of aryl methyl sites for hydroxylation is 1. The zero-order valence-corrected chi connectivity index (χ0v) is 12.5. The van der Waals surface area contributed by atoms with E-state index in [1.54, 1.807) is 0 Å². The van der Waals surface area contributed by atoms with E-state index < -0.39 is 0 Å². The Labute approximate surface area is 112 Å². The molecule has 0 heterocycles. The molecule has 1 atom stereocenters. The van der Waals surface area contributed by atoms with Gasteiger partial charge in [-0.15, -0.1) is 0 Å². The third-order valence-electron chi connectivity index (χ3n) is 3.60. The van der Waals surface area contributed by atoms with Crippen molar-refractivity contribution in [3.05, 3.63) is 53.1 Å². The van der Waals surface area contributed by atoms with Crippen LogP contribution in [-0.4, -0.2) is 0 Å². The van der Waals surface area contributed by atoms with Crippen LogP contribution in [0.2, 0.25) is 0 Å². The second kappa shape index (κ2) is 7.20. The Morgan fingerprint density at radius 1 is 1.11 bits per heavy atom. The fourth-order valence-corrected chi connectivity index (χ4v) is 1.99. The first-order chi connectivity index (χ1) is 8.54. The summed E-state index contributed by atoms with van der Waals surface area (Å²) in [5, 5.41) is 0. The van der Waals surface area contributed by atoms with Gasteiger partial charge in [0.2, 0.25) is 0 Å². The zero-order valence-electron chi connectivity index (χ0n) is 12.5. The van der Waals surface area contributed by atoms with Crippen molar-refractivity contribution in [2.75, 3.05) is 0 Å². The van der Waals surface area contributed by atoms with Crippen molar-refractivity contribution < 1.29 is 0 Å². The minimum atomic E-state index is 0.692. The predicted octanol–water partition coefficient (Wildman–Crippen LogP) is 5.78. The minimum Gasteiger partial charge on any atom is -0.0705 e. The highest BCUT2D eigenvalue weighted by atomic mass is 14.1. The fourth-order valence-electron chi connectivity index (χ4n) is 1.99. The van der Waals surface area contributed by atoms with Crippen molar-refractivity contribution in [2.45, 2.75) is 47.5 Å². The maximum atomic E-state index is 2.31. The lowest BCUT2D eigenvalue weighted by Crippen LogP contribution is -1.94. The van der Waals surface area contributed by atoms with Gasteiger partial charge in [-0.05, 0) is 44.2 Å². The summed E-state index contributed by atoms with van der Waals surface area (Å²) in [6.45, 7) is 11.1. The number of allylic oxidation sites excluding steroid dienone is 4. The van der Waals surface area contributed by atoms with Crippen molar-refractivity contribution in [3.8, 4) is 0 Å². The lowest BCUT2D eigenvalue weighted by atomic mass is 9.96. The summed E-state index contributed by atoms with van der Waals surface area (Å²) in [4.78, 5) is 0. The van der Waals surface area contributed by atoms with Gasteiger partial charge in [0, 0.05) is 0 Å². The second-order valence-electron chi connectivity index (χ2n) is 5.32. The van der Waals surface area contributed by atoms with Crippen molar-refractivity contribution in [3.63, 3.8) is 0 Å². The molecular formula is C18H26. The summed E-state index contributed by atoms with van der Waals surface area (Å²) in [7, 11) is 0. The molecular weight excluding hydrogens is 216 g/mol. The highest BCUT2D eigenvalue weighted by Gasteiger charge is 2.01. The van der Waals surface area contributed by atoms with Gasteiger partial charge < -0.3 is 0 Å². The number of rotatable bonds is 5. The Kier molecular flexibility index (Phi) is 5.91. The molecule has 1 rings (SSSR count). The van der Waals surface area contributed by atoms with Crippen LogP contribution in [0.3, 0.4) is 0 Å². The van der Waals surface area contributed by atoms with Gasteiger partial charge >= 0.3 is 0 Å². The smallest absolute Gasteiger partial charge is 0.0227 e. The molecule has 1 aromatic carbocycles. The molecule has 0 nitrogen and oxygen atoms in total. The maximum Gasteiger partial charge on any atom is -0.0227 e. The standard InChI is InChI=1S/C18H26/c1-6-7-15(3)16(4)10-11-17(5)18-12-8-14(2)9-13-18/h8-13,15H,6-7H2,1-5H3/b16-10+,17-11+. The molecule has 0 saturated carbocycles. The Morgan fingerprint density at radius 3 is 2.28 bits per heavy atom. The van der Waals surface area contributed by atoms with E-state index in [4.69, 9.17) is 0 Å². The van der Waals surface area contributed by atoms with Crippen molar-refractivity contribution >= 4 is 5.57 Å². The summed E-state index contributed by atoms with van der Waals surface area (Å²) in [6, 6.07) is 8.73. The van der Waals surface area contributed by atoms with Gasteiger partial charge in [0.1, 0.15) is 0 Å². The molecule has 0 amide bonds. The predicted molar refractivity (Wildman–Crippen MR) is 82.7 cm³/mol. The Morgan fingerprint density at radius 2 is 1.72 bits per heavy atom. The molecule has 1 aromatic rings. The van der Waals surface area contributed by atoms with Crippen molar-refractivity contribution in [2.24, 2.45) is 5.92 Å². The van der Waals surface area contributed by atoms with Crippen LogP contribution >= 0.6 is 0 Å². The zero-order chi connectivity index (χ0) is 13.5. The summed E-state index contributed by atoms with van der Waals surface area (Å²) in [5.41, 5.74) is 5.43. The molecule has 1 unspecified atom stereocenters. The van der Waals surface area contributed by atoms with Crippen LogP contribution in [0.5, 0.6) is 0 Å². The summed E-state index contributed by atoms with van der Waals surface area (Å²) < 4.78 is 0. The Balaban J connectivity index is 2.77. The van der Waals surface area contributed by atoms with Gasteiger partial charge in [0.15, 0.2) is 0 Å². The SMILES string of the molecule is CCCC(C)/C(C)=C/C=C(\C)c1ccc(C)cc1. The fraction of sp³-hybridized carbons (Fsp3) is 0.444. The molecule has 0 N–H and O–H groups in total. The monoisotopic (exact) mass is 242 g/mol. The molecule has 18 heavy (non-hydrogen) atoms. The van der Waals surface area contributed by atoms with Crippen LogP contribution in [-0.2, 0) is 0 Å². The van der Waals surface area contributed by atoms with Crippen LogP contribution in [0.4, 0.5) is 0 Å². The Hall–Kier alpha value is -1.30. The third-order valence-corrected chi connectivity index (χ3v) is 3.60. The molecule has 0 aliphatic rings. The molecule has 0 radical (unpaired) electrons. The normalized spacial score (nSPS) is 14.7. The quantitative estimate of drug-likeness (QED) is 0.574. The van der Waals surface area contributed by atoms with E-state index >= 15 is 0 Å². The van der Waals surface area contributed by atoms with Gasteiger partial charge in [0.25, 0.3) is 0 Å². The molecule has 0 aliphatic carbocycles. The Bertz CT molecular complexity index is 418. The lowest BCUT2D eigenvalue weighted by molar-refractivity contribution is 0.602. The van der Waals surface area contributed by atoms with Gasteiger partial charge in [-0.3, -0.25) is 0 Å². The molecule has 0 aliphatic heterocycles. The molecule has 98 valence electrons. The van der Waals surface area contributed by atoms with E-state index in [2.05, 4.69) is 71.0 Å². The van der Waals surface area contributed by atoms with Crippen LogP contribution in [0, 0.1) is 12.8 Å². The van der Waals surface area contributed by atoms with Crippen LogP contribution < -0.4 is 0 Å². The molecule has 0 fully saturated rings. The van der Waals surface area contributed by atoms with Crippen LogP contribution in [0.15, 0.2) is 42.0 Å². The molecule has 0 aromatic heterocycles. The van der Waals surface area contributed by atoms with Crippen molar-refractivity contribution in [1.82, 2.24) is 0 Å². The number of hydrogen-bond donors (Lipinski definition) is 0. The van der Waals surface area contributed by atoms with E-state index in [1.165, 1.54) is 35.1 Å². The summed E-state index contributed by atoms with van der Waals surface area (Å²) in [5.74, 6) is 0.692. The first-order valence-corrected chi connectivity index (χ1v) is 6.96. The molecule has 0 bridgehead atoms. The highest BCUT2D eigenvalue weighted by molar-refractivity contribution is 5.65. The van der Waals surface area contributed by atoms with E-state index in [9.17, 15) is 0 Å². The van der Waals surface area contributed by atoms with Gasteiger partial charge in [-0.2, -0.15) is 0 Å². The first-order valence-electron chi connectivity index (χ1n) is 6.96. The van der Waals surface area contributed by atoms with Gasteiger partial charge in [-0.25, -0.2) is 0 Å². The topological polar surface area (TPSA) is 0 Å². The average molecular weight is 242 g/mol.